The minimum absolute atomic E-state index is 0.206. The van der Waals surface area contributed by atoms with Crippen molar-refractivity contribution >= 4 is 11.8 Å². The third kappa shape index (κ3) is 4.89. The molecule has 0 aromatic rings. The molecule has 136 valence electrons. The Labute approximate surface area is 143 Å². The van der Waals surface area contributed by atoms with E-state index in [4.69, 9.17) is 9.47 Å². The molecule has 8 nitrogen and oxygen atoms in total. The smallest absolute Gasteiger partial charge is 0.277 e. The van der Waals surface area contributed by atoms with Gasteiger partial charge in [0.1, 0.15) is 26.2 Å². The molecule has 24 heavy (non-hydrogen) atoms. The first-order valence-electron chi connectivity index (χ1n) is 9.10. The molecule has 3 fully saturated rings. The highest BCUT2D eigenvalue weighted by atomic mass is 16.5. The van der Waals surface area contributed by atoms with Crippen molar-refractivity contribution in [3.8, 4) is 0 Å². The van der Waals surface area contributed by atoms with Crippen LogP contribution < -0.4 is 9.80 Å². The van der Waals surface area contributed by atoms with Gasteiger partial charge >= 0.3 is 0 Å². The molecule has 3 heterocycles. The topological polar surface area (TPSA) is 68.0 Å². The minimum atomic E-state index is 0.206. The van der Waals surface area contributed by atoms with Gasteiger partial charge in [-0.2, -0.15) is 0 Å². The standard InChI is InChI=1S/C16H28N4O4/c21-15(13-17-5-9-23-10-6-17)19-1-2-20(4-3-19)16(22)14-18-7-11-24-12-8-18/h1-14H2/p+2. The maximum Gasteiger partial charge on any atom is 0.277 e. The summed E-state index contributed by atoms with van der Waals surface area (Å²) in [6.07, 6.45) is 0. The summed E-state index contributed by atoms with van der Waals surface area (Å²) in [7, 11) is 0. The van der Waals surface area contributed by atoms with Gasteiger partial charge in [-0.05, 0) is 0 Å². The van der Waals surface area contributed by atoms with E-state index in [-0.39, 0.29) is 11.8 Å². The van der Waals surface area contributed by atoms with Gasteiger partial charge in [0.15, 0.2) is 13.1 Å². The predicted octanol–water partition coefficient (Wildman–Crippen LogP) is -4.51. The Balaban J connectivity index is 1.38. The number of carbonyl (C=O) groups excluding carboxylic acids is 2. The Morgan fingerprint density at radius 2 is 1.00 bits per heavy atom. The summed E-state index contributed by atoms with van der Waals surface area (Å²) >= 11 is 0. The number of hydrogen-bond donors (Lipinski definition) is 2. The van der Waals surface area contributed by atoms with Gasteiger partial charge in [0.25, 0.3) is 11.8 Å². The molecule has 3 rings (SSSR count). The number of amides is 2. The van der Waals surface area contributed by atoms with Crippen LogP contribution >= 0.6 is 0 Å². The molecule has 3 aliphatic rings. The van der Waals surface area contributed by atoms with Gasteiger partial charge in [-0.15, -0.1) is 0 Å². The van der Waals surface area contributed by atoms with Gasteiger partial charge in [-0.1, -0.05) is 0 Å². The molecule has 0 aromatic heterocycles. The summed E-state index contributed by atoms with van der Waals surface area (Å²) in [6.45, 7) is 10.4. The summed E-state index contributed by atoms with van der Waals surface area (Å²) < 4.78 is 10.7. The van der Waals surface area contributed by atoms with Crippen LogP contribution in [0.15, 0.2) is 0 Å². The Morgan fingerprint density at radius 1 is 0.667 bits per heavy atom. The second-order valence-electron chi connectivity index (χ2n) is 6.84. The lowest BCUT2D eigenvalue weighted by Crippen LogP contribution is -3.15. The van der Waals surface area contributed by atoms with Crippen molar-refractivity contribution in [2.24, 2.45) is 0 Å². The van der Waals surface area contributed by atoms with Crippen molar-refractivity contribution in [2.75, 3.05) is 91.9 Å². The zero-order chi connectivity index (χ0) is 16.8. The van der Waals surface area contributed by atoms with E-state index < -0.39 is 0 Å². The van der Waals surface area contributed by atoms with Crippen LogP contribution in [-0.2, 0) is 19.1 Å². The zero-order valence-electron chi connectivity index (χ0n) is 14.4. The number of carbonyl (C=O) groups is 2. The van der Waals surface area contributed by atoms with Crippen molar-refractivity contribution in [3.05, 3.63) is 0 Å². The van der Waals surface area contributed by atoms with Gasteiger partial charge < -0.3 is 29.1 Å². The third-order valence-electron chi connectivity index (χ3n) is 5.19. The molecule has 0 aliphatic carbocycles. The van der Waals surface area contributed by atoms with Crippen LogP contribution in [0.4, 0.5) is 0 Å². The monoisotopic (exact) mass is 342 g/mol. The highest BCUT2D eigenvalue weighted by Gasteiger charge is 2.29. The molecule has 2 N–H and O–H groups in total. The Hall–Kier alpha value is -1.22. The van der Waals surface area contributed by atoms with E-state index in [2.05, 4.69) is 0 Å². The van der Waals surface area contributed by atoms with E-state index in [0.717, 1.165) is 52.6 Å². The first-order chi connectivity index (χ1) is 11.7. The van der Waals surface area contributed by atoms with E-state index in [1.165, 1.54) is 9.80 Å². The van der Waals surface area contributed by atoms with Gasteiger partial charge in [-0.25, -0.2) is 0 Å². The first-order valence-corrected chi connectivity index (χ1v) is 9.10. The zero-order valence-corrected chi connectivity index (χ0v) is 14.4. The average molecular weight is 342 g/mol. The van der Waals surface area contributed by atoms with E-state index >= 15 is 0 Å². The van der Waals surface area contributed by atoms with E-state index in [1.807, 2.05) is 9.80 Å². The maximum atomic E-state index is 12.4. The molecule has 0 bridgehead atoms. The van der Waals surface area contributed by atoms with Crippen LogP contribution in [-0.4, -0.2) is 113 Å². The number of rotatable bonds is 4. The van der Waals surface area contributed by atoms with Crippen LogP contribution in [0.2, 0.25) is 0 Å². The number of nitrogens with one attached hydrogen (secondary N) is 2. The molecule has 0 atom stereocenters. The van der Waals surface area contributed by atoms with Crippen molar-refractivity contribution in [3.63, 3.8) is 0 Å². The quantitative estimate of drug-likeness (QED) is 0.540. The fourth-order valence-corrected chi connectivity index (χ4v) is 3.53. The molecule has 0 radical (unpaired) electrons. The van der Waals surface area contributed by atoms with Gasteiger partial charge in [0.05, 0.1) is 26.4 Å². The highest BCUT2D eigenvalue weighted by Crippen LogP contribution is 2.01. The number of morpholine rings is 2. The molecule has 3 aliphatic heterocycles. The lowest BCUT2D eigenvalue weighted by Gasteiger charge is -2.36. The number of hydrogen-bond acceptors (Lipinski definition) is 4. The van der Waals surface area contributed by atoms with Crippen LogP contribution in [0.1, 0.15) is 0 Å². The SMILES string of the molecule is O=C(C[NH+]1CCOCC1)N1CCN(C(=O)C[NH+]2CCOCC2)CC1. The lowest BCUT2D eigenvalue weighted by molar-refractivity contribution is -0.900. The van der Waals surface area contributed by atoms with Crippen LogP contribution in [0, 0.1) is 0 Å². The molecule has 0 saturated carbocycles. The fraction of sp³-hybridized carbons (Fsp3) is 0.875. The Kier molecular flexibility index (Phi) is 6.42. The highest BCUT2D eigenvalue weighted by molar-refractivity contribution is 5.79. The minimum Gasteiger partial charge on any atom is -0.370 e. The first kappa shape index (κ1) is 17.6. The molecule has 0 spiro atoms. The van der Waals surface area contributed by atoms with E-state index in [1.54, 1.807) is 0 Å². The van der Waals surface area contributed by atoms with Gasteiger partial charge in [0, 0.05) is 26.2 Å². The van der Waals surface area contributed by atoms with Gasteiger partial charge in [0.2, 0.25) is 0 Å². The number of nitrogens with zero attached hydrogens (tertiary/aromatic N) is 2. The summed E-state index contributed by atoms with van der Waals surface area (Å²) in [4.78, 5) is 31.2. The molecule has 8 heteroatoms. The average Bonchev–Trinajstić information content (AvgIpc) is 2.63. The fourth-order valence-electron chi connectivity index (χ4n) is 3.53. The van der Waals surface area contributed by atoms with Crippen LogP contribution in [0.5, 0.6) is 0 Å². The molecule has 3 saturated heterocycles. The molecular weight excluding hydrogens is 312 g/mol. The lowest BCUT2D eigenvalue weighted by atomic mass is 10.2. The summed E-state index contributed by atoms with van der Waals surface area (Å²) in [6, 6.07) is 0. The predicted molar refractivity (Wildman–Crippen MR) is 85.9 cm³/mol. The van der Waals surface area contributed by atoms with E-state index in [9.17, 15) is 9.59 Å². The summed E-state index contributed by atoms with van der Waals surface area (Å²) in [5.41, 5.74) is 0. The summed E-state index contributed by atoms with van der Waals surface area (Å²) in [5.74, 6) is 0.413. The Morgan fingerprint density at radius 3 is 1.33 bits per heavy atom. The normalized spacial score (nSPS) is 24.2. The van der Waals surface area contributed by atoms with E-state index in [0.29, 0.717) is 39.3 Å². The van der Waals surface area contributed by atoms with Gasteiger partial charge in [-0.3, -0.25) is 9.59 Å². The van der Waals surface area contributed by atoms with Crippen molar-refractivity contribution < 1.29 is 28.9 Å². The molecular formula is C16H30N4O4+2. The number of piperazine rings is 1. The largest absolute Gasteiger partial charge is 0.370 e. The second-order valence-corrected chi connectivity index (χ2v) is 6.84. The molecule has 0 aromatic carbocycles. The van der Waals surface area contributed by atoms with Crippen molar-refractivity contribution in [1.82, 2.24) is 9.80 Å². The Bertz CT molecular complexity index is 388. The van der Waals surface area contributed by atoms with Crippen molar-refractivity contribution in [1.29, 1.82) is 0 Å². The second kappa shape index (κ2) is 8.75. The number of quaternary nitrogens is 2. The molecule has 0 unspecified atom stereocenters. The van der Waals surface area contributed by atoms with Crippen LogP contribution in [0.3, 0.4) is 0 Å². The molecule has 2 amide bonds. The number of ether oxygens (including phenoxy) is 2. The third-order valence-corrected chi connectivity index (χ3v) is 5.19. The van der Waals surface area contributed by atoms with Crippen molar-refractivity contribution in [2.45, 2.75) is 0 Å². The maximum absolute atomic E-state index is 12.4. The summed E-state index contributed by atoms with van der Waals surface area (Å²) in [5, 5.41) is 0. The van der Waals surface area contributed by atoms with Crippen LogP contribution in [0.25, 0.3) is 0 Å².